The molecule has 4 nitrogen and oxygen atoms in total. The molecular formula is C22H27BO4. The number of phenols is 2. The first-order valence-electron chi connectivity index (χ1n) is 9.34. The zero-order valence-electron chi connectivity index (χ0n) is 16.6. The maximum Gasteiger partial charge on any atom is 0.499 e. The summed E-state index contributed by atoms with van der Waals surface area (Å²) in [5, 5.41) is 21.9. The first kappa shape index (κ1) is 19.5. The number of hydrogen-bond acceptors (Lipinski definition) is 4. The van der Waals surface area contributed by atoms with Gasteiger partial charge in [0.2, 0.25) is 0 Å². The Morgan fingerprint density at radius 1 is 1.00 bits per heavy atom. The second-order valence-electron chi connectivity index (χ2n) is 7.89. The molecule has 1 heterocycles. The van der Waals surface area contributed by atoms with Crippen molar-refractivity contribution >= 4 is 18.7 Å². The van der Waals surface area contributed by atoms with Crippen LogP contribution in [0.15, 0.2) is 42.5 Å². The van der Waals surface area contributed by atoms with Gasteiger partial charge in [-0.1, -0.05) is 49.4 Å². The fraction of sp³-hybridized carbons (Fsp3) is 0.364. The molecule has 0 aromatic heterocycles. The van der Waals surface area contributed by atoms with Crippen LogP contribution in [0.5, 0.6) is 11.5 Å². The highest BCUT2D eigenvalue weighted by atomic mass is 16.7. The second kappa shape index (κ2) is 7.06. The summed E-state index contributed by atoms with van der Waals surface area (Å²) >= 11 is 0. The SMILES string of the molecule is CC/C=C/c1cc(O)c(-c2ccccc2)c(B2OC(C)(C)C(C)(C)O2)c1O. The molecule has 0 aliphatic carbocycles. The van der Waals surface area contributed by atoms with Crippen LogP contribution in [0.1, 0.15) is 46.6 Å². The van der Waals surface area contributed by atoms with Crippen LogP contribution in [0.4, 0.5) is 0 Å². The molecule has 0 amide bonds. The Morgan fingerprint density at radius 3 is 2.15 bits per heavy atom. The molecule has 1 fully saturated rings. The van der Waals surface area contributed by atoms with Crippen LogP contribution in [0.3, 0.4) is 0 Å². The van der Waals surface area contributed by atoms with Crippen molar-refractivity contribution in [3.8, 4) is 22.6 Å². The molecule has 0 spiro atoms. The molecule has 1 aliphatic rings. The average Bonchev–Trinajstić information content (AvgIpc) is 2.83. The van der Waals surface area contributed by atoms with Crippen molar-refractivity contribution in [1.82, 2.24) is 0 Å². The maximum atomic E-state index is 11.1. The van der Waals surface area contributed by atoms with E-state index in [9.17, 15) is 10.2 Å². The molecule has 0 saturated carbocycles. The molecule has 5 heteroatoms. The monoisotopic (exact) mass is 366 g/mol. The van der Waals surface area contributed by atoms with E-state index in [-0.39, 0.29) is 11.5 Å². The van der Waals surface area contributed by atoms with E-state index in [2.05, 4.69) is 0 Å². The predicted molar refractivity (Wildman–Crippen MR) is 110 cm³/mol. The van der Waals surface area contributed by atoms with Crippen molar-refractivity contribution in [3.63, 3.8) is 0 Å². The number of allylic oxidation sites excluding steroid dienone is 1. The van der Waals surface area contributed by atoms with Gasteiger partial charge in [-0.05, 0) is 45.7 Å². The van der Waals surface area contributed by atoms with Gasteiger partial charge in [0.05, 0.1) is 11.2 Å². The summed E-state index contributed by atoms with van der Waals surface area (Å²) in [7, 11) is -0.786. The highest BCUT2D eigenvalue weighted by Crippen LogP contribution is 2.41. The number of benzene rings is 2. The second-order valence-corrected chi connectivity index (χ2v) is 7.89. The fourth-order valence-electron chi connectivity index (χ4n) is 3.17. The molecule has 0 radical (unpaired) electrons. The van der Waals surface area contributed by atoms with Crippen molar-refractivity contribution in [2.75, 3.05) is 0 Å². The topological polar surface area (TPSA) is 58.9 Å². The average molecular weight is 366 g/mol. The molecule has 3 rings (SSSR count). The molecule has 1 saturated heterocycles. The van der Waals surface area contributed by atoms with E-state index in [1.54, 1.807) is 12.1 Å². The van der Waals surface area contributed by atoms with Gasteiger partial charge < -0.3 is 19.5 Å². The summed E-state index contributed by atoms with van der Waals surface area (Å²) in [5.74, 6) is 0.148. The summed E-state index contributed by atoms with van der Waals surface area (Å²) in [6, 6.07) is 11.1. The summed E-state index contributed by atoms with van der Waals surface area (Å²) in [6.07, 6.45) is 4.57. The van der Waals surface area contributed by atoms with E-state index in [1.807, 2.05) is 71.0 Å². The van der Waals surface area contributed by atoms with E-state index in [1.165, 1.54) is 0 Å². The van der Waals surface area contributed by atoms with Crippen LogP contribution in [0.25, 0.3) is 17.2 Å². The predicted octanol–water partition coefficient (Wildman–Crippen LogP) is 4.49. The van der Waals surface area contributed by atoms with Crippen molar-refractivity contribution < 1.29 is 19.5 Å². The Bertz CT molecular complexity index is 840. The maximum absolute atomic E-state index is 11.1. The lowest BCUT2D eigenvalue weighted by Gasteiger charge is -2.32. The van der Waals surface area contributed by atoms with Crippen LogP contribution in [0.2, 0.25) is 0 Å². The van der Waals surface area contributed by atoms with E-state index < -0.39 is 18.3 Å². The first-order chi connectivity index (χ1) is 12.7. The Balaban J connectivity index is 2.23. The standard InChI is InChI=1S/C22H27BO4/c1-6-7-11-16-14-17(24)18(15-12-9-8-10-13-15)19(20(16)25)23-26-21(2,3)22(4,5)27-23/h7-14,24-25H,6H2,1-5H3/b11-7+. The number of aromatic hydroxyl groups is 2. The molecule has 2 N–H and O–H groups in total. The molecule has 2 aromatic carbocycles. The lowest BCUT2D eigenvalue weighted by Crippen LogP contribution is -2.41. The van der Waals surface area contributed by atoms with Crippen LogP contribution < -0.4 is 5.46 Å². The third-order valence-electron chi connectivity index (χ3n) is 5.43. The van der Waals surface area contributed by atoms with Gasteiger partial charge in [-0.25, -0.2) is 0 Å². The van der Waals surface area contributed by atoms with E-state index >= 15 is 0 Å². The fourth-order valence-corrected chi connectivity index (χ4v) is 3.17. The van der Waals surface area contributed by atoms with Gasteiger partial charge in [0, 0.05) is 16.6 Å². The summed E-state index contributed by atoms with van der Waals surface area (Å²) < 4.78 is 12.4. The van der Waals surface area contributed by atoms with Gasteiger partial charge in [0.15, 0.2) is 0 Å². The summed E-state index contributed by atoms with van der Waals surface area (Å²) in [6.45, 7) is 9.88. The van der Waals surface area contributed by atoms with Crippen LogP contribution in [0, 0.1) is 0 Å². The third-order valence-corrected chi connectivity index (χ3v) is 5.43. The lowest BCUT2D eigenvalue weighted by molar-refractivity contribution is 0.00578. The van der Waals surface area contributed by atoms with Crippen LogP contribution in [-0.4, -0.2) is 28.5 Å². The summed E-state index contributed by atoms with van der Waals surface area (Å²) in [4.78, 5) is 0. The van der Waals surface area contributed by atoms with Gasteiger partial charge in [0.25, 0.3) is 0 Å². The number of hydrogen-bond donors (Lipinski definition) is 2. The van der Waals surface area contributed by atoms with E-state index in [0.717, 1.165) is 12.0 Å². The van der Waals surface area contributed by atoms with Crippen LogP contribution in [-0.2, 0) is 9.31 Å². The Morgan fingerprint density at radius 2 is 1.59 bits per heavy atom. The van der Waals surface area contributed by atoms with Gasteiger partial charge >= 0.3 is 7.12 Å². The number of rotatable bonds is 4. The smallest absolute Gasteiger partial charge is 0.499 e. The van der Waals surface area contributed by atoms with Gasteiger partial charge in [0.1, 0.15) is 11.5 Å². The number of phenolic OH excluding ortho intramolecular Hbond substituents is 2. The largest absolute Gasteiger partial charge is 0.508 e. The van der Waals surface area contributed by atoms with Gasteiger partial charge in [-0.15, -0.1) is 0 Å². The molecule has 2 aromatic rings. The minimum absolute atomic E-state index is 0.0647. The first-order valence-corrected chi connectivity index (χ1v) is 9.34. The molecule has 0 unspecified atom stereocenters. The van der Waals surface area contributed by atoms with Crippen molar-refractivity contribution in [3.05, 3.63) is 48.0 Å². The lowest BCUT2D eigenvalue weighted by atomic mass is 9.72. The molecule has 0 atom stereocenters. The Labute approximate surface area is 161 Å². The van der Waals surface area contributed by atoms with Crippen molar-refractivity contribution in [1.29, 1.82) is 0 Å². The Kier molecular flexibility index (Phi) is 5.11. The zero-order chi connectivity index (χ0) is 19.8. The highest BCUT2D eigenvalue weighted by molar-refractivity contribution is 6.65. The van der Waals surface area contributed by atoms with E-state index in [4.69, 9.17) is 9.31 Å². The minimum atomic E-state index is -0.786. The minimum Gasteiger partial charge on any atom is -0.508 e. The van der Waals surface area contributed by atoms with Gasteiger partial charge in [-0.3, -0.25) is 0 Å². The van der Waals surface area contributed by atoms with Crippen LogP contribution >= 0.6 is 0 Å². The molecule has 142 valence electrons. The highest BCUT2D eigenvalue weighted by Gasteiger charge is 2.53. The van der Waals surface area contributed by atoms with Gasteiger partial charge in [-0.2, -0.15) is 0 Å². The normalized spacial score (nSPS) is 18.3. The Hall–Kier alpha value is -2.24. The van der Waals surface area contributed by atoms with Crippen molar-refractivity contribution in [2.24, 2.45) is 0 Å². The molecule has 27 heavy (non-hydrogen) atoms. The quantitative estimate of drug-likeness (QED) is 0.619. The zero-order valence-corrected chi connectivity index (χ0v) is 16.6. The molecule has 0 bridgehead atoms. The molecule has 1 aliphatic heterocycles. The summed E-state index contributed by atoms with van der Waals surface area (Å²) in [5.41, 5.74) is 1.21. The van der Waals surface area contributed by atoms with E-state index in [0.29, 0.717) is 16.6 Å². The van der Waals surface area contributed by atoms with Crippen molar-refractivity contribution in [2.45, 2.75) is 52.2 Å². The molecular weight excluding hydrogens is 339 g/mol. The third kappa shape index (κ3) is 3.49.